The van der Waals surface area contributed by atoms with Crippen molar-refractivity contribution in [2.45, 2.75) is 113 Å². The van der Waals surface area contributed by atoms with Gasteiger partial charge in [0.25, 0.3) is 0 Å². The summed E-state index contributed by atoms with van der Waals surface area (Å²) in [5, 5.41) is -3.01. The number of amides is 1. The minimum Gasteiger partial charge on any atom is -0.344 e. The van der Waals surface area contributed by atoms with E-state index in [0.29, 0.717) is 38.5 Å². The van der Waals surface area contributed by atoms with Crippen molar-refractivity contribution in [1.82, 2.24) is 9.44 Å². The standard InChI is InChI=1S/C22H35F5N2O5S2/c23-21(24,35(31,32)29-36(33,34)22(25,26)27)19(30)28-20(16-10-4-1-5-11-16,17-12-6-2-7-13-17)18-14-8-3-9-15-18/h16-18,29H,1-15H2,(H,28,30). The van der Waals surface area contributed by atoms with Gasteiger partial charge < -0.3 is 5.32 Å². The van der Waals surface area contributed by atoms with Crippen LogP contribution >= 0.6 is 0 Å². The summed E-state index contributed by atoms with van der Waals surface area (Å²) in [7, 11) is -13.2. The van der Waals surface area contributed by atoms with E-state index in [1.165, 1.54) is 0 Å². The van der Waals surface area contributed by atoms with E-state index in [1.54, 1.807) is 0 Å². The molecule has 3 aliphatic rings. The maximum Gasteiger partial charge on any atom is 0.512 e. The van der Waals surface area contributed by atoms with Crippen LogP contribution in [0.15, 0.2) is 0 Å². The SMILES string of the molecule is O=C(NC(C1CCCCC1)(C1CCCCC1)C1CCCCC1)C(F)(F)S(=O)(=O)NS(=O)(=O)C(F)(F)F. The Bertz CT molecular complexity index is 937. The number of halogens is 5. The Balaban J connectivity index is 2.01. The minimum atomic E-state index is -6.68. The monoisotopic (exact) mass is 566 g/mol. The molecule has 7 nitrogen and oxygen atoms in total. The molecular formula is C22H35F5N2O5S2. The van der Waals surface area contributed by atoms with Crippen molar-refractivity contribution in [2.24, 2.45) is 17.8 Å². The van der Waals surface area contributed by atoms with Crippen molar-refractivity contribution in [3.05, 3.63) is 0 Å². The van der Waals surface area contributed by atoms with Crippen LogP contribution in [0.1, 0.15) is 96.3 Å². The molecule has 0 atom stereocenters. The molecule has 3 aliphatic carbocycles. The van der Waals surface area contributed by atoms with Crippen LogP contribution in [0.4, 0.5) is 22.0 Å². The van der Waals surface area contributed by atoms with Crippen molar-refractivity contribution in [3.63, 3.8) is 0 Å². The summed E-state index contributed by atoms with van der Waals surface area (Å²) in [6, 6.07) is 0. The smallest absolute Gasteiger partial charge is 0.344 e. The molecule has 36 heavy (non-hydrogen) atoms. The molecular weight excluding hydrogens is 531 g/mol. The van der Waals surface area contributed by atoms with Gasteiger partial charge in [-0.15, -0.1) is 0 Å². The number of carbonyl (C=O) groups excluding carboxylic acids is 1. The first-order valence-corrected chi connectivity index (χ1v) is 15.7. The van der Waals surface area contributed by atoms with Gasteiger partial charge in [-0.25, -0.2) is 16.8 Å². The topological polar surface area (TPSA) is 109 Å². The second-order valence-corrected chi connectivity index (χ2v) is 14.1. The third-order valence-electron chi connectivity index (χ3n) is 8.30. The van der Waals surface area contributed by atoms with Gasteiger partial charge in [0.1, 0.15) is 0 Å². The number of nitrogens with one attached hydrogen (secondary N) is 2. The second-order valence-electron chi connectivity index (χ2n) is 10.4. The lowest BCUT2D eigenvalue weighted by Gasteiger charge is -2.55. The lowest BCUT2D eigenvalue weighted by atomic mass is 9.56. The van der Waals surface area contributed by atoms with E-state index in [9.17, 15) is 34.8 Å². The van der Waals surface area contributed by atoms with Crippen LogP contribution in [0.5, 0.6) is 0 Å². The normalized spacial score (nSPS) is 22.9. The maximum absolute atomic E-state index is 15.1. The highest BCUT2D eigenvalue weighted by Crippen LogP contribution is 2.51. The average Bonchev–Trinajstić information content (AvgIpc) is 2.82. The Labute approximate surface area is 209 Å². The summed E-state index contributed by atoms with van der Waals surface area (Å²) in [6.07, 6.45) is 11.9. The lowest BCUT2D eigenvalue weighted by Crippen LogP contribution is -2.67. The molecule has 3 rings (SSSR count). The molecule has 0 unspecified atom stereocenters. The quantitative estimate of drug-likeness (QED) is 0.405. The van der Waals surface area contributed by atoms with E-state index in [4.69, 9.17) is 0 Å². The van der Waals surface area contributed by atoms with Gasteiger partial charge in [-0.3, -0.25) is 4.79 Å². The van der Waals surface area contributed by atoms with Crippen molar-refractivity contribution in [3.8, 4) is 0 Å². The van der Waals surface area contributed by atoms with Crippen molar-refractivity contribution in [2.75, 3.05) is 0 Å². The molecule has 2 N–H and O–H groups in total. The zero-order chi connectivity index (χ0) is 26.8. The first-order valence-electron chi connectivity index (χ1n) is 12.7. The van der Waals surface area contributed by atoms with Gasteiger partial charge in [-0.05, 0) is 56.3 Å². The predicted octanol–water partition coefficient (Wildman–Crippen LogP) is 4.94. The number of alkyl halides is 5. The fourth-order valence-corrected chi connectivity index (χ4v) is 8.93. The van der Waals surface area contributed by atoms with Gasteiger partial charge in [0.15, 0.2) is 0 Å². The van der Waals surface area contributed by atoms with Gasteiger partial charge in [-0.2, -0.15) is 22.0 Å². The zero-order valence-corrected chi connectivity index (χ0v) is 21.7. The summed E-state index contributed by atoms with van der Waals surface area (Å²) in [5.41, 5.74) is -7.27. The van der Waals surface area contributed by atoms with Gasteiger partial charge in [-0.1, -0.05) is 61.9 Å². The summed E-state index contributed by atoms with van der Waals surface area (Å²) < 4.78 is 115. The van der Waals surface area contributed by atoms with Crippen LogP contribution in [-0.4, -0.2) is 39.0 Å². The second kappa shape index (κ2) is 11.0. The van der Waals surface area contributed by atoms with Gasteiger partial charge in [0.05, 0.1) is 0 Å². The number of rotatable bonds is 8. The molecule has 0 spiro atoms. The first-order chi connectivity index (χ1) is 16.7. The number of hydrogen-bond acceptors (Lipinski definition) is 5. The highest BCUT2D eigenvalue weighted by Gasteiger charge is 2.61. The minimum absolute atomic E-state index is 0.0268. The molecule has 0 aromatic rings. The fraction of sp³-hybridized carbons (Fsp3) is 0.955. The van der Waals surface area contributed by atoms with Gasteiger partial charge in [0.2, 0.25) is 0 Å². The zero-order valence-electron chi connectivity index (χ0n) is 20.1. The van der Waals surface area contributed by atoms with E-state index in [2.05, 4.69) is 5.32 Å². The van der Waals surface area contributed by atoms with Crippen molar-refractivity contribution in [1.29, 1.82) is 0 Å². The van der Waals surface area contributed by atoms with Crippen LogP contribution in [0.2, 0.25) is 0 Å². The van der Waals surface area contributed by atoms with E-state index in [0.717, 1.165) is 57.8 Å². The summed E-state index contributed by atoms with van der Waals surface area (Å²) in [5.74, 6) is -2.79. The predicted molar refractivity (Wildman–Crippen MR) is 123 cm³/mol. The highest BCUT2D eigenvalue weighted by molar-refractivity contribution is 8.05. The summed E-state index contributed by atoms with van der Waals surface area (Å²) >= 11 is 0. The molecule has 0 aromatic carbocycles. The Morgan fingerprint density at radius 3 is 1.22 bits per heavy atom. The number of sulfonamides is 2. The van der Waals surface area contributed by atoms with Crippen LogP contribution in [-0.2, 0) is 24.8 Å². The Morgan fingerprint density at radius 2 is 0.917 bits per heavy atom. The molecule has 0 bridgehead atoms. The first kappa shape index (κ1) is 29.5. The lowest BCUT2D eigenvalue weighted by molar-refractivity contribution is -0.142. The summed E-state index contributed by atoms with van der Waals surface area (Å²) in [6.45, 7) is 0. The van der Waals surface area contributed by atoms with Crippen LogP contribution < -0.4 is 9.44 Å². The molecule has 0 saturated heterocycles. The summed E-state index contributed by atoms with van der Waals surface area (Å²) in [4.78, 5) is 13.0. The average molecular weight is 567 g/mol. The van der Waals surface area contributed by atoms with Crippen LogP contribution in [0.3, 0.4) is 0 Å². The van der Waals surface area contributed by atoms with Gasteiger partial charge >= 0.3 is 36.7 Å². The molecule has 0 radical (unpaired) electrons. The molecule has 0 aliphatic heterocycles. The fourth-order valence-electron chi connectivity index (χ4n) is 6.68. The Hall–Kier alpha value is -1.02. The van der Waals surface area contributed by atoms with E-state index in [1.807, 2.05) is 0 Å². The van der Waals surface area contributed by atoms with Crippen molar-refractivity contribution >= 4 is 26.0 Å². The molecule has 1 amide bonds. The molecule has 3 saturated carbocycles. The molecule has 0 heterocycles. The Morgan fingerprint density at radius 1 is 0.583 bits per heavy atom. The third kappa shape index (κ3) is 5.84. The van der Waals surface area contributed by atoms with E-state index >= 15 is 8.78 Å². The van der Waals surface area contributed by atoms with Crippen LogP contribution in [0, 0.1) is 17.8 Å². The maximum atomic E-state index is 15.1. The largest absolute Gasteiger partial charge is 0.512 e. The molecule has 0 aromatic heterocycles. The number of carbonyl (C=O) groups is 1. The van der Waals surface area contributed by atoms with Gasteiger partial charge in [0, 0.05) is 5.54 Å². The molecule has 3 fully saturated rings. The van der Waals surface area contributed by atoms with E-state index < -0.39 is 42.3 Å². The number of hydrogen-bond donors (Lipinski definition) is 2. The third-order valence-corrected chi connectivity index (χ3v) is 11.5. The molecule has 14 heteroatoms. The highest BCUT2D eigenvalue weighted by atomic mass is 32.3. The van der Waals surface area contributed by atoms with E-state index in [-0.39, 0.29) is 21.9 Å². The van der Waals surface area contributed by atoms with Crippen molar-refractivity contribution < 1.29 is 43.6 Å². The molecule has 210 valence electrons. The Kier molecular flexibility index (Phi) is 9.02. The van der Waals surface area contributed by atoms with Crippen LogP contribution in [0.25, 0.3) is 0 Å².